The molecule has 2 unspecified atom stereocenters. The number of ether oxygens (including phenoxy) is 2. The molecule has 0 radical (unpaired) electrons. The quantitative estimate of drug-likeness (QED) is 0.316. The highest BCUT2D eigenvalue weighted by molar-refractivity contribution is 7.89. The van der Waals surface area contributed by atoms with Crippen molar-refractivity contribution in [3.8, 4) is 0 Å². The van der Waals surface area contributed by atoms with Crippen molar-refractivity contribution in [1.29, 1.82) is 0 Å². The second-order valence-electron chi connectivity index (χ2n) is 9.39. The van der Waals surface area contributed by atoms with Crippen molar-refractivity contribution >= 4 is 48.3 Å². The van der Waals surface area contributed by atoms with Crippen LogP contribution in [-0.4, -0.2) is 61.7 Å². The average molecular weight is 554 g/mol. The van der Waals surface area contributed by atoms with Crippen LogP contribution in [0.5, 0.6) is 0 Å². The summed E-state index contributed by atoms with van der Waals surface area (Å²) in [5.41, 5.74) is 1.32. The Bertz CT molecular complexity index is 1630. The normalized spacial score (nSPS) is 19.4. The summed E-state index contributed by atoms with van der Waals surface area (Å²) in [4.78, 5) is 18.4. The lowest BCUT2D eigenvalue weighted by molar-refractivity contribution is -0.0440. The third-order valence-electron chi connectivity index (χ3n) is 6.56. The molecular formula is C28H31N3O5S2. The topological polar surface area (TPSA) is 90.2 Å². The zero-order chi connectivity index (χ0) is 26.9. The van der Waals surface area contributed by atoms with Gasteiger partial charge in [-0.15, -0.1) is 0 Å². The van der Waals surface area contributed by atoms with E-state index >= 15 is 0 Å². The molecule has 10 heteroatoms. The standard InChI is InChI=1S/C28H31N3O5S2/c1-4-35-16-15-31-25-14-11-21-7-5-6-8-24(21)26(25)37-28(31)29-27(32)22-9-12-23(13-10-22)38(33,34)30-17-19(2)36-20(3)18-30/h5-14,19-20H,4,15-18H2,1-3H3. The molecular weight excluding hydrogens is 522 g/mol. The lowest BCUT2D eigenvalue weighted by Crippen LogP contribution is -2.48. The molecule has 38 heavy (non-hydrogen) atoms. The molecule has 2 atom stereocenters. The van der Waals surface area contributed by atoms with E-state index in [1.165, 1.54) is 39.9 Å². The minimum Gasteiger partial charge on any atom is -0.380 e. The highest BCUT2D eigenvalue weighted by Gasteiger charge is 2.32. The van der Waals surface area contributed by atoms with Crippen molar-refractivity contribution in [3.63, 3.8) is 0 Å². The molecule has 200 valence electrons. The summed E-state index contributed by atoms with van der Waals surface area (Å²) >= 11 is 1.47. The lowest BCUT2D eigenvalue weighted by Gasteiger charge is -2.34. The Balaban J connectivity index is 1.48. The molecule has 0 spiro atoms. The van der Waals surface area contributed by atoms with Crippen LogP contribution in [0.3, 0.4) is 0 Å². The first-order chi connectivity index (χ1) is 18.3. The Hall–Kier alpha value is -2.89. The first-order valence-corrected chi connectivity index (χ1v) is 15.0. The summed E-state index contributed by atoms with van der Waals surface area (Å²) in [6, 6.07) is 18.3. The molecule has 0 aliphatic carbocycles. The van der Waals surface area contributed by atoms with Crippen molar-refractivity contribution in [2.75, 3.05) is 26.3 Å². The number of amides is 1. The number of hydrogen-bond donors (Lipinski definition) is 0. The Morgan fingerprint density at radius 2 is 1.76 bits per heavy atom. The molecule has 0 saturated carbocycles. The Morgan fingerprint density at radius 3 is 2.47 bits per heavy atom. The lowest BCUT2D eigenvalue weighted by atomic mass is 10.1. The van der Waals surface area contributed by atoms with Crippen LogP contribution in [-0.2, 0) is 26.0 Å². The predicted molar refractivity (Wildman–Crippen MR) is 149 cm³/mol. The number of thiazole rings is 1. The molecule has 2 heterocycles. The van der Waals surface area contributed by atoms with E-state index < -0.39 is 15.9 Å². The Labute approximate surface area is 226 Å². The summed E-state index contributed by atoms with van der Waals surface area (Å²) in [6.07, 6.45) is -0.359. The van der Waals surface area contributed by atoms with Crippen LogP contribution in [0.2, 0.25) is 0 Å². The molecule has 0 bridgehead atoms. The van der Waals surface area contributed by atoms with Gasteiger partial charge in [-0.05, 0) is 56.5 Å². The third kappa shape index (κ3) is 5.32. The molecule has 4 aromatic rings. The largest absolute Gasteiger partial charge is 0.380 e. The first-order valence-electron chi connectivity index (χ1n) is 12.7. The zero-order valence-corrected chi connectivity index (χ0v) is 23.3. The maximum Gasteiger partial charge on any atom is 0.279 e. The minimum absolute atomic E-state index is 0.149. The van der Waals surface area contributed by atoms with Crippen LogP contribution in [0.1, 0.15) is 31.1 Å². The van der Waals surface area contributed by atoms with E-state index in [0.717, 1.165) is 21.0 Å². The highest BCUT2D eigenvalue weighted by atomic mass is 32.2. The van der Waals surface area contributed by atoms with Gasteiger partial charge >= 0.3 is 0 Å². The van der Waals surface area contributed by atoms with Gasteiger partial charge in [-0.2, -0.15) is 9.30 Å². The fourth-order valence-electron chi connectivity index (χ4n) is 4.80. The van der Waals surface area contributed by atoms with Gasteiger partial charge in [0, 0.05) is 37.2 Å². The highest BCUT2D eigenvalue weighted by Crippen LogP contribution is 2.28. The summed E-state index contributed by atoms with van der Waals surface area (Å²) in [5, 5.41) is 2.23. The molecule has 1 saturated heterocycles. The van der Waals surface area contributed by atoms with E-state index in [1.54, 1.807) is 0 Å². The van der Waals surface area contributed by atoms with E-state index in [2.05, 4.69) is 29.3 Å². The van der Waals surface area contributed by atoms with Gasteiger partial charge in [0.05, 0.1) is 33.9 Å². The smallest absolute Gasteiger partial charge is 0.279 e. The van der Waals surface area contributed by atoms with Crippen molar-refractivity contribution in [3.05, 3.63) is 71.0 Å². The van der Waals surface area contributed by atoms with Gasteiger partial charge in [-0.25, -0.2) is 8.42 Å². The van der Waals surface area contributed by atoms with Crippen molar-refractivity contribution < 1.29 is 22.7 Å². The summed E-state index contributed by atoms with van der Waals surface area (Å²) in [7, 11) is -3.69. The van der Waals surface area contributed by atoms with Crippen LogP contribution >= 0.6 is 11.3 Å². The Morgan fingerprint density at radius 1 is 1.05 bits per heavy atom. The van der Waals surface area contributed by atoms with Gasteiger partial charge < -0.3 is 14.0 Å². The number of carbonyl (C=O) groups is 1. The summed E-state index contributed by atoms with van der Waals surface area (Å²) in [5.74, 6) is -0.427. The third-order valence-corrected chi connectivity index (χ3v) is 9.53. The van der Waals surface area contributed by atoms with Crippen molar-refractivity contribution in [2.24, 2.45) is 4.99 Å². The first kappa shape index (κ1) is 26.7. The molecule has 3 aromatic carbocycles. The van der Waals surface area contributed by atoms with E-state index in [4.69, 9.17) is 9.47 Å². The maximum absolute atomic E-state index is 13.2. The number of fused-ring (bicyclic) bond motifs is 3. The van der Waals surface area contributed by atoms with Crippen molar-refractivity contribution in [1.82, 2.24) is 8.87 Å². The van der Waals surface area contributed by atoms with Gasteiger partial charge in [0.25, 0.3) is 5.91 Å². The fraction of sp³-hybridized carbons (Fsp3) is 0.357. The van der Waals surface area contributed by atoms with Crippen LogP contribution in [0.15, 0.2) is 70.6 Å². The van der Waals surface area contributed by atoms with E-state index in [0.29, 0.717) is 43.2 Å². The molecule has 1 aliphatic rings. The van der Waals surface area contributed by atoms with Crippen molar-refractivity contribution in [2.45, 2.75) is 44.4 Å². The molecule has 1 aromatic heterocycles. The number of benzene rings is 3. The molecule has 1 fully saturated rings. The summed E-state index contributed by atoms with van der Waals surface area (Å²) in [6.45, 7) is 7.93. The SMILES string of the molecule is CCOCCn1c(=NC(=O)c2ccc(S(=O)(=O)N3CC(C)OC(C)C3)cc2)sc2c3ccccc3ccc21. The second-order valence-corrected chi connectivity index (χ2v) is 12.3. The summed E-state index contributed by atoms with van der Waals surface area (Å²) < 4.78 is 42.1. The average Bonchev–Trinajstić information content (AvgIpc) is 3.25. The number of sulfonamides is 1. The van der Waals surface area contributed by atoms with Crippen LogP contribution < -0.4 is 4.80 Å². The number of nitrogens with zero attached hydrogens (tertiary/aromatic N) is 3. The zero-order valence-electron chi connectivity index (χ0n) is 21.7. The number of rotatable bonds is 7. The number of hydrogen-bond acceptors (Lipinski definition) is 6. The van der Waals surface area contributed by atoms with Gasteiger partial charge in [-0.1, -0.05) is 41.7 Å². The molecule has 8 nitrogen and oxygen atoms in total. The fourth-order valence-corrected chi connectivity index (χ4v) is 7.58. The second kappa shape index (κ2) is 11.1. The van der Waals surface area contributed by atoms with E-state index in [1.807, 2.05) is 37.5 Å². The number of aromatic nitrogens is 1. The maximum atomic E-state index is 13.2. The van der Waals surface area contributed by atoms with Gasteiger partial charge in [0.2, 0.25) is 10.0 Å². The molecule has 1 aliphatic heterocycles. The number of morpholine rings is 1. The molecule has 0 N–H and O–H groups in total. The predicted octanol–water partition coefficient (Wildman–Crippen LogP) is 4.43. The van der Waals surface area contributed by atoms with E-state index in [9.17, 15) is 13.2 Å². The van der Waals surface area contributed by atoms with Crippen LogP contribution in [0.25, 0.3) is 21.0 Å². The number of carbonyl (C=O) groups excluding carboxylic acids is 1. The Kier molecular flexibility index (Phi) is 7.78. The monoisotopic (exact) mass is 553 g/mol. The molecule has 1 amide bonds. The van der Waals surface area contributed by atoms with Crippen LogP contribution in [0, 0.1) is 0 Å². The van der Waals surface area contributed by atoms with Gasteiger partial charge in [-0.3, -0.25) is 4.79 Å². The van der Waals surface area contributed by atoms with Crippen LogP contribution in [0.4, 0.5) is 0 Å². The van der Waals surface area contributed by atoms with E-state index in [-0.39, 0.29) is 17.1 Å². The minimum atomic E-state index is -3.69. The van der Waals surface area contributed by atoms with Gasteiger partial charge in [0.15, 0.2) is 4.80 Å². The molecule has 5 rings (SSSR count). The van der Waals surface area contributed by atoms with Gasteiger partial charge in [0.1, 0.15) is 0 Å².